The summed E-state index contributed by atoms with van der Waals surface area (Å²) in [6.07, 6.45) is 0.355. The lowest BCUT2D eigenvalue weighted by molar-refractivity contribution is -0.124. The first kappa shape index (κ1) is 17.7. The van der Waals surface area contributed by atoms with E-state index >= 15 is 0 Å². The molecule has 0 aromatic heterocycles. The van der Waals surface area contributed by atoms with Crippen LogP contribution in [0.25, 0.3) is 0 Å². The Labute approximate surface area is 142 Å². The molecule has 0 radical (unpaired) electrons. The molecule has 9 heteroatoms. The molecule has 0 spiro atoms. The highest BCUT2D eigenvalue weighted by atomic mass is 79.9. The Morgan fingerprint density at radius 1 is 1.43 bits per heavy atom. The fourth-order valence-electron chi connectivity index (χ4n) is 2.28. The third kappa shape index (κ3) is 4.68. The van der Waals surface area contributed by atoms with E-state index in [0.717, 1.165) is 5.56 Å². The van der Waals surface area contributed by atoms with Gasteiger partial charge in [0.1, 0.15) is 11.3 Å². The van der Waals surface area contributed by atoms with Gasteiger partial charge in [-0.15, -0.1) is 0 Å². The minimum Gasteiger partial charge on any atom is -0.506 e. The molecule has 0 saturated carbocycles. The second kappa shape index (κ2) is 6.88. The van der Waals surface area contributed by atoms with E-state index in [0.29, 0.717) is 10.9 Å². The number of aryl methyl sites for hydroxylation is 1. The normalized spacial score (nSPS) is 19.3. The lowest BCUT2D eigenvalue weighted by Gasteiger charge is -2.12. The van der Waals surface area contributed by atoms with Gasteiger partial charge in [-0.05, 0) is 47.0 Å². The summed E-state index contributed by atoms with van der Waals surface area (Å²) in [6.45, 7) is 1.20. The van der Waals surface area contributed by atoms with E-state index in [-0.39, 0.29) is 22.8 Å². The van der Waals surface area contributed by atoms with Crippen molar-refractivity contribution < 1.29 is 27.9 Å². The van der Waals surface area contributed by atoms with Crippen molar-refractivity contribution in [3.8, 4) is 5.75 Å². The summed E-state index contributed by atoms with van der Waals surface area (Å²) in [4.78, 5) is 23.6. The van der Waals surface area contributed by atoms with E-state index in [1.807, 2.05) is 0 Å². The monoisotopic (exact) mass is 405 g/mol. The first-order valence-corrected chi connectivity index (χ1v) is 9.45. The number of phenolic OH excluding ortho intramolecular Hbond substituents is 1. The number of phenols is 1. The van der Waals surface area contributed by atoms with E-state index in [9.17, 15) is 23.1 Å². The molecule has 1 aliphatic heterocycles. The molecule has 1 amide bonds. The van der Waals surface area contributed by atoms with Crippen molar-refractivity contribution in [3.63, 3.8) is 0 Å². The Hall–Kier alpha value is -1.61. The van der Waals surface area contributed by atoms with Crippen molar-refractivity contribution in [2.45, 2.75) is 19.4 Å². The number of hydrogen-bond donors (Lipinski definition) is 2. The van der Waals surface area contributed by atoms with Crippen LogP contribution in [0.2, 0.25) is 0 Å². The molecular weight excluding hydrogens is 390 g/mol. The smallest absolute Gasteiger partial charge is 0.342 e. The van der Waals surface area contributed by atoms with Crippen LogP contribution in [0, 0.1) is 6.92 Å². The third-order valence-corrected chi connectivity index (χ3v) is 5.73. The second-order valence-corrected chi connectivity index (χ2v) is 8.47. The largest absolute Gasteiger partial charge is 0.506 e. The first-order valence-electron chi connectivity index (χ1n) is 6.84. The van der Waals surface area contributed by atoms with Crippen LogP contribution in [0.15, 0.2) is 16.6 Å². The SMILES string of the molecule is Cc1cc(Br)c(O)c(C(=O)OCC(=O)N[C@H]2CCS(=O)(=O)C2)c1. The van der Waals surface area contributed by atoms with E-state index in [1.165, 1.54) is 6.07 Å². The molecule has 1 fully saturated rings. The fourth-order valence-corrected chi connectivity index (χ4v) is 4.53. The highest BCUT2D eigenvalue weighted by Gasteiger charge is 2.29. The van der Waals surface area contributed by atoms with E-state index in [2.05, 4.69) is 21.2 Å². The molecule has 7 nitrogen and oxygen atoms in total. The topological polar surface area (TPSA) is 110 Å². The summed E-state index contributed by atoms with van der Waals surface area (Å²) in [5.41, 5.74) is 0.690. The number of esters is 1. The molecule has 1 aliphatic rings. The average molecular weight is 406 g/mol. The second-order valence-electron chi connectivity index (χ2n) is 5.39. The van der Waals surface area contributed by atoms with Gasteiger partial charge in [0.2, 0.25) is 0 Å². The molecule has 1 aromatic rings. The van der Waals surface area contributed by atoms with E-state index < -0.39 is 34.4 Å². The molecule has 23 heavy (non-hydrogen) atoms. The summed E-state index contributed by atoms with van der Waals surface area (Å²) in [5, 5.41) is 12.3. The Morgan fingerprint density at radius 2 is 2.13 bits per heavy atom. The maximum absolute atomic E-state index is 11.9. The standard InChI is InChI=1S/C14H16BrNO6S/c1-8-4-10(13(18)11(15)5-8)14(19)22-6-12(17)16-9-2-3-23(20,21)7-9/h4-5,9,18H,2-3,6-7H2,1H3,(H,16,17)/t9-/m0/s1. The minimum absolute atomic E-state index is 0.0446. The van der Waals surface area contributed by atoms with Crippen LogP contribution in [0.4, 0.5) is 0 Å². The third-order valence-electron chi connectivity index (χ3n) is 3.36. The highest BCUT2D eigenvalue weighted by Crippen LogP contribution is 2.29. The van der Waals surface area contributed by atoms with Crippen LogP contribution in [-0.4, -0.2) is 49.6 Å². The number of halogens is 1. The number of nitrogens with one attached hydrogen (secondary N) is 1. The molecule has 1 atom stereocenters. The Bertz CT molecular complexity index is 746. The summed E-state index contributed by atoms with van der Waals surface area (Å²) in [6, 6.07) is 2.64. The van der Waals surface area contributed by atoms with Crippen molar-refractivity contribution in [2.75, 3.05) is 18.1 Å². The highest BCUT2D eigenvalue weighted by molar-refractivity contribution is 9.10. The van der Waals surface area contributed by atoms with Gasteiger partial charge >= 0.3 is 5.97 Å². The van der Waals surface area contributed by atoms with Gasteiger partial charge in [-0.25, -0.2) is 13.2 Å². The number of amides is 1. The summed E-state index contributed by atoms with van der Waals surface area (Å²) < 4.78 is 27.8. The van der Waals surface area contributed by atoms with Crippen LogP contribution in [-0.2, 0) is 19.4 Å². The molecule has 0 bridgehead atoms. The molecule has 1 saturated heterocycles. The van der Waals surface area contributed by atoms with Crippen molar-refractivity contribution in [1.82, 2.24) is 5.32 Å². The lowest BCUT2D eigenvalue weighted by atomic mass is 10.1. The Balaban J connectivity index is 1.91. The number of ether oxygens (including phenoxy) is 1. The van der Waals surface area contributed by atoms with Crippen LogP contribution in [0.3, 0.4) is 0 Å². The summed E-state index contributed by atoms with van der Waals surface area (Å²) in [7, 11) is -3.09. The van der Waals surface area contributed by atoms with Crippen molar-refractivity contribution in [2.24, 2.45) is 0 Å². The zero-order valence-corrected chi connectivity index (χ0v) is 14.7. The molecule has 0 unspecified atom stereocenters. The number of carbonyl (C=O) groups is 2. The summed E-state index contributed by atoms with van der Waals surface area (Å²) >= 11 is 3.12. The van der Waals surface area contributed by atoms with Crippen molar-refractivity contribution in [1.29, 1.82) is 0 Å². The van der Waals surface area contributed by atoms with Gasteiger partial charge in [0, 0.05) is 6.04 Å². The molecule has 126 valence electrons. The molecular formula is C14H16BrNO6S. The number of benzene rings is 1. The lowest BCUT2D eigenvalue weighted by Crippen LogP contribution is -2.38. The molecule has 2 rings (SSSR count). The molecule has 1 aromatic carbocycles. The Morgan fingerprint density at radius 3 is 2.74 bits per heavy atom. The number of carbonyl (C=O) groups excluding carboxylic acids is 2. The predicted molar refractivity (Wildman–Crippen MR) is 86.0 cm³/mol. The molecule has 2 N–H and O–H groups in total. The Kier molecular flexibility index (Phi) is 5.30. The van der Waals surface area contributed by atoms with Crippen molar-refractivity contribution in [3.05, 3.63) is 27.7 Å². The maximum atomic E-state index is 11.9. The number of rotatable bonds is 4. The number of hydrogen-bond acceptors (Lipinski definition) is 6. The number of sulfone groups is 1. The van der Waals surface area contributed by atoms with Crippen LogP contribution >= 0.6 is 15.9 Å². The van der Waals surface area contributed by atoms with Gasteiger partial charge in [0.15, 0.2) is 16.4 Å². The van der Waals surface area contributed by atoms with Gasteiger partial charge in [0.25, 0.3) is 5.91 Å². The molecule has 0 aliphatic carbocycles. The van der Waals surface area contributed by atoms with Crippen molar-refractivity contribution >= 4 is 37.6 Å². The van der Waals surface area contributed by atoms with Crippen LogP contribution in [0.1, 0.15) is 22.3 Å². The minimum atomic E-state index is -3.09. The van der Waals surface area contributed by atoms with E-state index in [1.54, 1.807) is 13.0 Å². The average Bonchev–Trinajstić information content (AvgIpc) is 2.79. The maximum Gasteiger partial charge on any atom is 0.342 e. The van der Waals surface area contributed by atoms with Gasteiger partial charge in [-0.3, -0.25) is 4.79 Å². The fraction of sp³-hybridized carbons (Fsp3) is 0.429. The number of aromatic hydroxyl groups is 1. The van der Waals surface area contributed by atoms with Gasteiger partial charge in [0.05, 0.1) is 16.0 Å². The van der Waals surface area contributed by atoms with Crippen LogP contribution in [0.5, 0.6) is 5.75 Å². The first-order chi connectivity index (χ1) is 10.7. The predicted octanol–water partition coefficient (Wildman–Crippen LogP) is 0.923. The van der Waals surface area contributed by atoms with Gasteiger partial charge in [-0.2, -0.15) is 0 Å². The zero-order chi connectivity index (χ0) is 17.2. The molecule has 1 heterocycles. The quantitative estimate of drug-likeness (QED) is 0.720. The zero-order valence-electron chi connectivity index (χ0n) is 12.3. The summed E-state index contributed by atoms with van der Waals surface area (Å²) in [5.74, 6) is -1.73. The van der Waals surface area contributed by atoms with Gasteiger partial charge in [-0.1, -0.05) is 0 Å². The van der Waals surface area contributed by atoms with E-state index in [4.69, 9.17) is 4.74 Å². The van der Waals surface area contributed by atoms with Gasteiger partial charge < -0.3 is 15.2 Å². The van der Waals surface area contributed by atoms with Crippen LogP contribution < -0.4 is 5.32 Å².